The number of thiophene rings is 1. The van der Waals surface area contributed by atoms with Gasteiger partial charge in [-0.25, -0.2) is 4.39 Å². The Hall–Kier alpha value is -1.24. The predicted octanol–water partition coefficient (Wildman–Crippen LogP) is 3.53. The molecule has 2 aliphatic rings. The maximum atomic E-state index is 13.4. The molecule has 1 saturated heterocycles. The molecular weight excluding hydrogens is 357 g/mol. The van der Waals surface area contributed by atoms with Crippen LogP contribution in [0.15, 0.2) is 34.1 Å². The quantitative estimate of drug-likeness (QED) is 0.812. The van der Waals surface area contributed by atoms with Crippen molar-refractivity contribution in [2.45, 2.75) is 12.1 Å². The molecule has 1 spiro atoms. The van der Waals surface area contributed by atoms with E-state index in [0.717, 1.165) is 19.8 Å². The molecule has 0 N–H and O–H groups in total. The van der Waals surface area contributed by atoms with E-state index in [9.17, 15) is 9.18 Å². The second kappa shape index (κ2) is 4.63. The molecule has 1 fully saturated rings. The fourth-order valence-electron chi connectivity index (χ4n) is 2.95. The molecule has 3 nitrogen and oxygen atoms in total. The first-order valence-corrected chi connectivity index (χ1v) is 8.15. The van der Waals surface area contributed by atoms with Gasteiger partial charge >= 0.3 is 0 Å². The first kappa shape index (κ1) is 13.4. The highest BCUT2D eigenvalue weighted by atomic mass is 79.9. The molecule has 108 valence electrons. The van der Waals surface area contributed by atoms with E-state index in [1.807, 2.05) is 17.0 Å². The van der Waals surface area contributed by atoms with Gasteiger partial charge in [-0.1, -0.05) is 12.1 Å². The summed E-state index contributed by atoms with van der Waals surface area (Å²) in [5.41, 5.74) is 1.17. The number of carbonyl (C=O) groups is 1. The zero-order valence-electron chi connectivity index (χ0n) is 10.9. The van der Waals surface area contributed by atoms with Crippen LogP contribution >= 0.6 is 27.3 Å². The smallest absolute Gasteiger partial charge is 0.256 e. The number of nitrogens with zero attached hydrogens (tertiary/aromatic N) is 1. The predicted molar refractivity (Wildman–Crippen MR) is 80.8 cm³/mol. The van der Waals surface area contributed by atoms with Gasteiger partial charge in [-0.15, -0.1) is 11.3 Å². The van der Waals surface area contributed by atoms with Gasteiger partial charge in [0, 0.05) is 11.4 Å². The van der Waals surface area contributed by atoms with Gasteiger partial charge < -0.3 is 9.64 Å². The summed E-state index contributed by atoms with van der Waals surface area (Å²) < 4.78 is 19.7. The number of hydrogen-bond donors (Lipinski definition) is 0. The van der Waals surface area contributed by atoms with Crippen molar-refractivity contribution in [2.24, 2.45) is 0 Å². The van der Waals surface area contributed by atoms with Crippen molar-refractivity contribution in [3.63, 3.8) is 0 Å². The highest BCUT2D eigenvalue weighted by Crippen LogP contribution is 2.49. The lowest BCUT2D eigenvalue weighted by molar-refractivity contribution is -0.126. The van der Waals surface area contributed by atoms with Gasteiger partial charge in [0.05, 0.1) is 22.6 Å². The lowest BCUT2D eigenvalue weighted by Gasteiger charge is -2.45. The standard InChI is InChI=1S/C15H11BrFNO2S/c16-12-5-11-13(21-12)15(7-20-8-15)18(14(11)19)6-9-2-1-3-10(17)4-9/h1-5H,6-8H2. The minimum atomic E-state index is -0.366. The highest BCUT2D eigenvalue weighted by Gasteiger charge is 2.56. The molecule has 21 heavy (non-hydrogen) atoms. The Kier molecular flexibility index (Phi) is 2.96. The van der Waals surface area contributed by atoms with Crippen molar-refractivity contribution in [2.75, 3.05) is 13.2 Å². The average molecular weight is 368 g/mol. The SMILES string of the molecule is O=C1c2cc(Br)sc2C2(COC2)N1Cc1cccc(F)c1. The van der Waals surface area contributed by atoms with Gasteiger partial charge in [-0.3, -0.25) is 4.79 Å². The van der Waals surface area contributed by atoms with E-state index in [-0.39, 0.29) is 17.3 Å². The molecule has 1 amide bonds. The van der Waals surface area contributed by atoms with Crippen molar-refractivity contribution in [1.82, 2.24) is 4.90 Å². The topological polar surface area (TPSA) is 29.5 Å². The van der Waals surface area contributed by atoms with Crippen LogP contribution in [0.25, 0.3) is 0 Å². The molecule has 4 rings (SSSR count). The monoisotopic (exact) mass is 367 g/mol. The minimum absolute atomic E-state index is 0.000453. The molecule has 0 unspecified atom stereocenters. The first-order chi connectivity index (χ1) is 10.1. The summed E-state index contributed by atoms with van der Waals surface area (Å²) in [6.07, 6.45) is 0. The van der Waals surface area contributed by atoms with Crippen molar-refractivity contribution in [3.8, 4) is 0 Å². The number of carbonyl (C=O) groups excluding carboxylic acids is 1. The van der Waals surface area contributed by atoms with E-state index in [4.69, 9.17) is 4.74 Å². The van der Waals surface area contributed by atoms with E-state index < -0.39 is 0 Å². The van der Waals surface area contributed by atoms with Crippen LogP contribution in [0.2, 0.25) is 0 Å². The zero-order chi connectivity index (χ0) is 14.6. The number of halogens is 2. The summed E-state index contributed by atoms with van der Waals surface area (Å²) in [7, 11) is 0. The van der Waals surface area contributed by atoms with Crippen LogP contribution in [-0.2, 0) is 16.8 Å². The molecule has 0 atom stereocenters. The average Bonchev–Trinajstić information content (AvgIpc) is 2.86. The largest absolute Gasteiger partial charge is 0.376 e. The molecule has 6 heteroatoms. The van der Waals surface area contributed by atoms with Crippen LogP contribution in [-0.4, -0.2) is 24.0 Å². The van der Waals surface area contributed by atoms with Gasteiger partial charge in [-0.05, 0) is 39.7 Å². The molecule has 2 aliphatic heterocycles. The van der Waals surface area contributed by atoms with Crippen LogP contribution in [0.1, 0.15) is 20.8 Å². The number of ether oxygens (including phenoxy) is 1. The fourth-order valence-corrected chi connectivity index (χ4v) is 4.71. The second-order valence-corrected chi connectivity index (χ2v) is 7.77. The Balaban J connectivity index is 1.73. The van der Waals surface area contributed by atoms with Gasteiger partial charge in [0.15, 0.2) is 0 Å². The second-order valence-electron chi connectivity index (χ2n) is 5.34. The van der Waals surface area contributed by atoms with Crippen LogP contribution in [0.3, 0.4) is 0 Å². The molecule has 0 radical (unpaired) electrons. The Morgan fingerprint density at radius 1 is 1.38 bits per heavy atom. The van der Waals surface area contributed by atoms with E-state index in [1.165, 1.54) is 12.1 Å². The van der Waals surface area contributed by atoms with E-state index >= 15 is 0 Å². The van der Waals surface area contributed by atoms with Crippen molar-refractivity contribution >= 4 is 33.2 Å². The van der Waals surface area contributed by atoms with Gasteiger partial charge in [-0.2, -0.15) is 0 Å². The van der Waals surface area contributed by atoms with Crippen LogP contribution in [0.5, 0.6) is 0 Å². The molecular formula is C15H11BrFNO2S. The van der Waals surface area contributed by atoms with Crippen molar-refractivity contribution in [3.05, 3.63) is 55.9 Å². The fraction of sp³-hybridized carbons (Fsp3) is 0.267. The Bertz CT molecular complexity index is 741. The van der Waals surface area contributed by atoms with Crippen LogP contribution in [0, 0.1) is 5.82 Å². The number of benzene rings is 1. The third kappa shape index (κ3) is 1.89. The van der Waals surface area contributed by atoms with E-state index in [1.54, 1.807) is 17.4 Å². The van der Waals surface area contributed by atoms with Crippen molar-refractivity contribution < 1.29 is 13.9 Å². The Morgan fingerprint density at radius 3 is 2.86 bits per heavy atom. The summed E-state index contributed by atoms with van der Waals surface area (Å²) in [6.45, 7) is 1.42. The first-order valence-electron chi connectivity index (χ1n) is 6.54. The van der Waals surface area contributed by atoms with Crippen LogP contribution < -0.4 is 0 Å². The van der Waals surface area contributed by atoms with E-state index in [2.05, 4.69) is 15.9 Å². The molecule has 3 heterocycles. The van der Waals surface area contributed by atoms with Crippen LogP contribution in [0.4, 0.5) is 4.39 Å². The maximum Gasteiger partial charge on any atom is 0.256 e. The summed E-state index contributed by atoms with van der Waals surface area (Å²) in [4.78, 5) is 15.5. The van der Waals surface area contributed by atoms with Gasteiger partial charge in [0.2, 0.25) is 0 Å². The summed E-state index contributed by atoms with van der Waals surface area (Å²) in [6, 6.07) is 8.26. The lowest BCUT2D eigenvalue weighted by Crippen LogP contribution is -2.56. The van der Waals surface area contributed by atoms with Gasteiger partial charge in [0.25, 0.3) is 5.91 Å². The van der Waals surface area contributed by atoms with Gasteiger partial charge in [0.1, 0.15) is 11.4 Å². The zero-order valence-corrected chi connectivity index (χ0v) is 13.3. The molecule has 0 aliphatic carbocycles. The normalized spacial score (nSPS) is 19.0. The highest BCUT2D eigenvalue weighted by molar-refractivity contribution is 9.11. The molecule has 0 saturated carbocycles. The maximum absolute atomic E-state index is 13.4. The Labute approximate surface area is 133 Å². The molecule has 2 aromatic rings. The minimum Gasteiger partial charge on any atom is -0.376 e. The third-order valence-corrected chi connectivity index (χ3v) is 5.86. The summed E-state index contributed by atoms with van der Waals surface area (Å²) in [5.74, 6) is -0.282. The van der Waals surface area contributed by atoms with Crippen molar-refractivity contribution in [1.29, 1.82) is 0 Å². The molecule has 1 aromatic heterocycles. The number of amides is 1. The third-order valence-electron chi connectivity index (χ3n) is 4.03. The molecule has 0 bridgehead atoms. The summed E-state index contributed by atoms with van der Waals surface area (Å²) in [5, 5.41) is 0. The number of hydrogen-bond acceptors (Lipinski definition) is 3. The summed E-state index contributed by atoms with van der Waals surface area (Å²) >= 11 is 5.02. The Morgan fingerprint density at radius 2 is 2.19 bits per heavy atom. The lowest BCUT2D eigenvalue weighted by atomic mass is 9.95. The molecule has 1 aromatic carbocycles. The van der Waals surface area contributed by atoms with E-state index in [0.29, 0.717) is 19.8 Å². The number of fused-ring (bicyclic) bond motifs is 2. The number of rotatable bonds is 2.